The highest BCUT2D eigenvalue weighted by molar-refractivity contribution is 6.06. The average Bonchev–Trinajstić information content (AvgIpc) is 2.98. The summed E-state index contributed by atoms with van der Waals surface area (Å²) in [4.78, 5) is 19.9. The summed E-state index contributed by atoms with van der Waals surface area (Å²) < 4.78 is 10.7. The largest absolute Gasteiger partial charge is 0.493 e. The van der Waals surface area contributed by atoms with Crippen LogP contribution in [0.5, 0.6) is 11.5 Å². The minimum atomic E-state index is -0.513. The lowest BCUT2D eigenvalue weighted by Crippen LogP contribution is -2.43. The lowest BCUT2D eigenvalue weighted by Gasteiger charge is -2.29. The molecule has 2 aliphatic rings. The van der Waals surface area contributed by atoms with Gasteiger partial charge in [0.1, 0.15) is 0 Å². The summed E-state index contributed by atoms with van der Waals surface area (Å²) >= 11 is 0. The van der Waals surface area contributed by atoms with Gasteiger partial charge in [-0.2, -0.15) is 0 Å². The molecule has 5 heteroatoms. The molecule has 144 valence electrons. The summed E-state index contributed by atoms with van der Waals surface area (Å²) in [5.41, 5.74) is 5.39. The predicted molar refractivity (Wildman–Crippen MR) is 111 cm³/mol. The van der Waals surface area contributed by atoms with Gasteiger partial charge in [-0.05, 0) is 49.1 Å². The van der Waals surface area contributed by atoms with Crippen LogP contribution in [0.3, 0.4) is 0 Å². The molecule has 0 aromatic heterocycles. The van der Waals surface area contributed by atoms with Crippen molar-refractivity contribution in [3.8, 4) is 11.5 Å². The fourth-order valence-corrected chi connectivity index (χ4v) is 4.18. The second kappa shape index (κ2) is 6.51. The van der Waals surface area contributed by atoms with Gasteiger partial charge in [-0.15, -0.1) is 0 Å². The summed E-state index contributed by atoms with van der Waals surface area (Å²) in [5, 5.41) is 0. The third-order valence-electron chi connectivity index (χ3n) is 5.62. The van der Waals surface area contributed by atoms with Gasteiger partial charge in [0.15, 0.2) is 11.5 Å². The molecule has 0 unspecified atom stereocenters. The van der Waals surface area contributed by atoms with Crippen molar-refractivity contribution >= 4 is 23.4 Å². The molecule has 0 radical (unpaired) electrons. The van der Waals surface area contributed by atoms with E-state index in [1.54, 1.807) is 31.3 Å². The van der Waals surface area contributed by atoms with Crippen LogP contribution in [-0.4, -0.2) is 36.8 Å². The average molecular weight is 376 g/mol. The Morgan fingerprint density at radius 2 is 1.71 bits per heavy atom. The van der Waals surface area contributed by atoms with E-state index in [1.165, 1.54) is 16.7 Å². The first kappa shape index (κ1) is 18.3. The summed E-state index contributed by atoms with van der Waals surface area (Å²) in [7, 11) is 3.14. The second-order valence-electron chi connectivity index (χ2n) is 7.61. The minimum absolute atomic E-state index is 0.0859. The predicted octanol–water partition coefficient (Wildman–Crippen LogP) is 4.68. The Morgan fingerprint density at radius 3 is 2.36 bits per heavy atom. The van der Waals surface area contributed by atoms with Crippen molar-refractivity contribution in [3.05, 3.63) is 58.8 Å². The van der Waals surface area contributed by atoms with E-state index in [2.05, 4.69) is 37.0 Å². The Balaban J connectivity index is 1.83. The molecule has 0 fully saturated rings. The van der Waals surface area contributed by atoms with Crippen molar-refractivity contribution < 1.29 is 14.3 Å². The molecule has 0 saturated heterocycles. The van der Waals surface area contributed by atoms with Crippen molar-refractivity contribution in [2.45, 2.75) is 32.7 Å². The van der Waals surface area contributed by atoms with Crippen molar-refractivity contribution in [1.29, 1.82) is 0 Å². The van der Waals surface area contributed by atoms with Gasteiger partial charge in [0, 0.05) is 24.9 Å². The fourth-order valence-electron chi connectivity index (χ4n) is 4.18. The molecule has 2 aliphatic heterocycles. The molecular formula is C23H24N2O3. The highest BCUT2D eigenvalue weighted by Gasteiger charge is 2.42. The zero-order valence-corrected chi connectivity index (χ0v) is 16.9. The zero-order valence-electron chi connectivity index (χ0n) is 16.9. The Kier molecular flexibility index (Phi) is 4.26. The van der Waals surface area contributed by atoms with Crippen molar-refractivity contribution in [1.82, 2.24) is 4.90 Å². The fraction of sp³-hybridized carbons (Fsp3) is 0.304. The molecule has 5 nitrogen and oxygen atoms in total. The summed E-state index contributed by atoms with van der Waals surface area (Å²) in [6.45, 7) is 6.26. The first-order valence-electron chi connectivity index (χ1n) is 9.30. The number of hydrogen-bond donors (Lipinski definition) is 0. The molecule has 28 heavy (non-hydrogen) atoms. The molecule has 4 rings (SSSR count). The summed E-state index contributed by atoms with van der Waals surface area (Å²) in [6, 6.07) is 9.75. The Bertz CT molecular complexity index is 1020. The van der Waals surface area contributed by atoms with Crippen LogP contribution in [-0.2, 0) is 0 Å². The topological polar surface area (TPSA) is 51.1 Å². The van der Waals surface area contributed by atoms with Crippen LogP contribution in [0.15, 0.2) is 41.5 Å². The first-order chi connectivity index (χ1) is 13.4. The van der Waals surface area contributed by atoms with Gasteiger partial charge in [-0.3, -0.25) is 9.79 Å². The molecule has 0 N–H and O–H groups in total. The van der Waals surface area contributed by atoms with E-state index < -0.39 is 5.54 Å². The van der Waals surface area contributed by atoms with Crippen molar-refractivity contribution in [2.75, 3.05) is 14.2 Å². The minimum Gasteiger partial charge on any atom is -0.493 e. The highest BCUT2D eigenvalue weighted by atomic mass is 16.5. The Labute approximate surface area is 165 Å². The van der Waals surface area contributed by atoms with Crippen LogP contribution in [0.2, 0.25) is 0 Å². The quantitative estimate of drug-likeness (QED) is 0.781. The van der Waals surface area contributed by atoms with E-state index >= 15 is 0 Å². The molecule has 0 spiro atoms. The monoisotopic (exact) mass is 376 g/mol. The molecule has 0 saturated carbocycles. The zero-order chi connectivity index (χ0) is 20.1. The van der Waals surface area contributed by atoms with Crippen LogP contribution < -0.4 is 9.47 Å². The van der Waals surface area contributed by atoms with Crippen LogP contribution in [0, 0.1) is 13.8 Å². The van der Waals surface area contributed by atoms with Gasteiger partial charge >= 0.3 is 0 Å². The molecule has 2 heterocycles. The van der Waals surface area contributed by atoms with Gasteiger partial charge in [-0.1, -0.05) is 18.2 Å². The number of benzene rings is 2. The molecular weight excluding hydrogens is 352 g/mol. The Morgan fingerprint density at radius 1 is 1.07 bits per heavy atom. The third kappa shape index (κ3) is 2.70. The number of hydrogen-bond acceptors (Lipinski definition) is 4. The number of ether oxygens (including phenoxy) is 2. The number of aryl methyl sites for hydroxylation is 2. The van der Waals surface area contributed by atoms with Crippen molar-refractivity contribution in [2.24, 2.45) is 4.99 Å². The van der Waals surface area contributed by atoms with E-state index in [0.717, 1.165) is 12.0 Å². The van der Waals surface area contributed by atoms with Crippen LogP contribution in [0.1, 0.15) is 40.4 Å². The maximum Gasteiger partial charge on any atom is 0.260 e. The lowest BCUT2D eigenvalue weighted by atomic mass is 9.89. The van der Waals surface area contributed by atoms with E-state index in [9.17, 15) is 4.79 Å². The number of nitrogens with zero attached hydrogens (tertiary/aromatic N) is 2. The summed E-state index contributed by atoms with van der Waals surface area (Å²) in [6.07, 6.45) is 4.57. The number of fused-ring (bicyclic) bond motifs is 2. The molecule has 1 atom stereocenters. The smallest absolute Gasteiger partial charge is 0.260 e. The summed E-state index contributed by atoms with van der Waals surface area (Å²) in [5.74, 6) is 0.994. The van der Waals surface area contributed by atoms with Crippen LogP contribution in [0.25, 0.3) is 5.57 Å². The van der Waals surface area contributed by atoms with E-state index in [0.29, 0.717) is 22.7 Å². The lowest BCUT2D eigenvalue weighted by molar-refractivity contribution is 0.0764. The molecule has 2 aromatic carbocycles. The number of amides is 1. The molecule has 2 aromatic rings. The molecule has 1 amide bonds. The van der Waals surface area contributed by atoms with Gasteiger partial charge in [0.2, 0.25) is 0 Å². The van der Waals surface area contributed by atoms with E-state index in [4.69, 9.17) is 9.47 Å². The Hall–Kier alpha value is -3.08. The molecule has 0 aliphatic carbocycles. The third-order valence-corrected chi connectivity index (χ3v) is 5.62. The second-order valence-corrected chi connectivity index (χ2v) is 7.61. The van der Waals surface area contributed by atoms with E-state index in [1.807, 2.05) is 19.3 Å². The highest BCUT2D eigenvalue weighted by Crippen LogP contribution is 2.44. The SMILES string of the molecule is COc1cc2c(cc1OC)C(=O)N1C=C(c3c(C)cccc3C)C[C@@]1(C)C=N2. The van der Waals surface area contributed by atoms with Gasteiger partial charge in [0.05, 0.1) is 31.0 Å². The van der Waals surface area contributed by atoms with Crippen molar-refractivity contribution in [3.63, 3.8) is 0 Å². The first-order valence-corrected chi connectivity index (χ1v) is 9.30. The molecule has 0 bridgehead atoms. The number of methoxy groups -OCH3 is 2. The van der Waals surface area contributed by atoms with Gasteiger partial charge in [-0.25, -0.2) is 0 Å². The number of rotatable bonds is 3. The van der Waals surface area contributed by atoms with Gasteiger partial charge < -0.3 is 14.4 Å². The maximum absolute atomic E-state index is 13.4. The number of carbonyl (C=O) groups is 1. The van der Waals surface area contributed by atoms with Crippen LogP contribution >= 0.6 is 0 Å². The van der Waals surface area contributed by atoms with E-state index in [-0.39, 0.29) is 5.91 Å². The van der Waals surface area contributed by atoms with Gasteiger partial charge in [0.25, 0.3) is 5.91 Å². The standard InChI is InChI=1S/C23H24N2O3/c1-14-7-6-8-15(2)21(14)16-11-23(3)13-24-18-10-20(28-5)19(27-4)9-17(18)22(26)25(23)12-16/h6-10,12-13H,11H2,1-5H3/t23-/m0/s1. The van der Waals surface area contributed by atoms with Crippen LogP contribution in [0.4, 0.5) is 5.69 Å². The number of aliphatic imine (C=N–C) groups is 1. The normalized spacial score (nSPS) is 20.4. The number of carbonyl (C=O) groups excluding carboxylic acids is 1. The maximum atomic E-state index is 13.4.